The van der Waals surface area contributed by atoms with E-state index in [1.807, 2.05) is 12.1 Å². The van der Waals surface area contributed by atoms with Crippen molar-refractivity contribution >= 4 is 11.6 Å². The van der Waals surface area contributed by atoms with Gasteiger partial charge in [0.05, 0.1) is 0 Å². The van der Waals surface area contributed by atoms with Gasteiger partial charge in [0.1, 0.15) is 0 Å². The molecule has 1 aromatic rings. The second kappa shape index (κ2) is 9.37. The van der Waals surface area contributed by atoms with Gasteiger partial charge in [0.15, 0.2) is 5.96 Å². The first kappa shape index (κ1) is 16.5. The fourth-order valence-electron chi connectivity index (χ4n) is 2.16. The van der Waals surface area contributed by atoms with Crippen LogP contribution in [0.1, 0.15) is 38.7 Å². The number of rotatable bonds is 8. The van der Waals surface area contributed by atoms with E-state index in [0.717, 1.165) is 31.4 Å². The van der Waals surface area contributed by atoms with Crippen molar-refractivity contribution in [2.45, 2.75) is 39.5 Å². The third-order valence-corrected chi connectivity index (χ3v) is 3.39. The molecule has 1 aromatic carbocycles. The van der Waals surface area contributed by atoms with Gasteiger partial charge in [-0.25, -0.2) is 0 Å². The topological polar surface area (TPSA) is 70.6 Å². The van der Waals surface area contributed by atoms with Crippen molar-refractivity contribution in [2.75, 3.05) is 18.5 Å². The molecule has 0 aliphatic rings. The maximum Gasteiger partial charge on any atom is 0.193 e. The lowest BCUT2D eigenvalue weighted by Gasteiger charge is -2.13. The summed E-state index contributed by atoms with van der Waals surface area (Å²) in [6.07, 6.45) is 3.99. The van der Waals surface area contributed by atoms with E-state index in [1.54, 1.807) is 0 Å². The van der Waals surface area contributed by atoms with Crippen molar-refractivity contribution in [3.8, 4) is 0 Å². The lowest BCUT2D eigenvalue weighted by atomic mass is 10.0. The molecule has 0 radical (unpaired) electrons. The Morgan fingerprint density at radius 1 is 1.25 bits per heavy atom. The van der Waals surface area contributed by atoms with Crippen LogP contribution in [-0.2, 0) is 6.42 Å². The first-order valence-corrected chi connectivity index (χ1v) is 7.46. The molecule has 0 aromatic heterocycles. The molecule has 0 spiro atoms. The lowest BCUT2D eigenvalue weighted by molar-refractivity contribution is 0.253. The molecule has 4 nitrogen and oxygen atoms in total. The van der Waals surface area contributed by atoms with E-state index in [-0.39, 0.29) is 6.61 Å². The third-order valence-electron chi connectivity index (χ3n) is 3.39. The molecule has 4 N–H and O–H groups in total. The van der Waals surface area contributed by atoms with Gasteiger partial charge in [-0.1, -0.05) is 32.4 Å². The van der Waals surface area contributed by atoms with Crippen LogP contribution in [0, 0.1) is 5.92 Å². The third kappa shape index (κ3) is 6.06. The number of benzene rings is 1. The van der Waals surface area contributed by atoms with Crippen molar-refractivity contribution in [1.29, 1.82) is 0 Å². The van der Waals surface area contributed by atoms with Crippen molar-refractivity contribution in [1.82, 2.24) is 0 Å². The Bertz CT molecular complexity index is 395. The SMILES string of the molecule is CCCC(CCO)CN=C(N)Nc1ccc(CC)cc1. The molecule has 0 aliphatic heterocycles. The fourth-order valence-corrected chi connectivity index (χ4v) is 2.16. The molecule has 1 atom stereocenters. The minimum atomic E-state index is 0.214. The molecular formula is C16H27N3O. The molecule has 0 aliphatic carbocycles. The molecule has 0 amide bonds. The number of guanidine groups is 1. The van der Waals surface area contributed by atoms with Crippen molar-refractivity contribution in [3.63, 3.8) is 0 Å². The molecule has 4 heteroatoms. The normalized spacial score (nSPS) is 13.2. The number of anilines is 1. The Labute approximate surface area is 122 Å². The van der Waals surface area contributed by atoms with E-state index >= 15 is 0 Å². The largest absolute Gasteiger partial charge is 0.396 e. The van der Waals surface area contributed by atoms with Gasteiger partial charge in [-0.3, -0.25) is 4.99 Å². The predicted molar refractivity (Wildman–Crippen MR) is 86.0 cm³/mol. The average Bonchev–Trinajstić information content (AvgIpc) is 2.46. The second-order valence-corrected chi connectivity index (χ2v) is 5.07. The molecule has 1 rings (SSSR count). The van der Waals surface area contributed by atoms with Crippen molar-refractivity contribution in [3.05, 3.63) is 29.8 Å². The molecule has 0 bridgehead atoms. The minimum Gasteiger partial charge on any atom is -0.396 e. The molecule has 112 valence electrons. The molecule has 0 heterocycles. The summed E-state index contributed by atoms with van der Waals surface area (Å²) >= 11 is 0. The summed E-state index contributed by atoms with van der Waals surface area (Å²) in [6.45, 7) is 5.16. The van der Waals surface area contributed by atoms with Crippen LogP contribution in [0.4, 0.5) is 5.69 Å². The fraction of sp³-hybridized carbons (Fsp3) is 0.562. The smallest absolute Gasteiger partial charge is 0.193 e. The number of aliphatic hydroxyl groups is 1. The van der Waals surface area contributed by atoms with Gasteiger partial charge < -0.3 is 16.2 Å². The van der Waals surface area contributed by atoms with E-state index in [9.17, 15) is 0 Å². The molecule has 0 fully saturated rings. The van der Waals surface area contributed by atoms with Gasteiger partial charge in [0.2, 0.25) is 0 Å². The summed E-state index contributed by atoms with van der Waals surface area (Å²) in [4.78, 5) is 4.37. The van der Waals surface area contributed by atoms with Crippen LogP contribution in [-0.4, -0.2) is 24.2 Å². The van der Waals surface area contributed by atoms with E-state index in [1.165, 1.54) is 5.56 Å². The van der Waals surface area contributed by atoms with Crippen molar-refractivity contribution < 1.29 is 5.11 Å². The number of hydrogen-bond acceptors (Lipinski definition) is 2. The summed E-state index contributed by atoms with van der Waals surface area (Å²) in [5.41, 5.74) is 8.15. The van der Waals surface area contributed by atoms with Crippen LogP contribution in [0.3, 0.4) is 0 Å². The van der Waals surface area contributed by atoms with Crippen LogP contribution >= 0.6 is 0 Å². The molecule has 0 saturated heterocycles. The minimum absolute atomic E-state index is 0.214. The van der Waals surface area contributed by atoms with Crippen LogP contribution < -0.4 is 11.1 Å². The monoisotopic (exact) mass is 277 g/mol. The van der Waals surface area contributed by atoms with E-state index in [2.05, 4.69) is 36.3 Å². The van der Waals surface area contributed by atoms with Gasteiger partial charge in [-0.05, 0) is 42.9 Å². The maximum atomic E-state index is 9.02. The van der Waals surface area contributed by atoms with E-state index in [0.29, 0.717) is 18.4 Å². The highest BCUT2D eigenvalue weighted by Crippen LogP contribution is 2.12. The summed E-state index contributed by atoms with van der Waals surface area (Å²) in [5.74, 6) is 0.848. The lowest BCUT2D eigenvalue weighted by Crippen LogP contribution is -2.24. The van der Waals surface area contributed by atoms with Crippen LogP contribution in [0.2, 0.25) is 0 Å². The first-order valence-electron chi connectivity index (χ1n) is 7.46. The Morgan fingerprint density at radius 2 is 1.95 bits per heavy atom. The standard InChI is InChI=1S/C16H27N3O/c1-3-5-14(10-11-20)12-18-16(17)19-15-8-6-13(4-2)7-9-15/h6-9,14,20H,3-5,10-12H2,1-2H3,(H3,17,18,19). The zero-order chi connectivity index (χ0) is 14.8. The van der Waals surface area contributed by atoms with Gasteiger partial charge in [-0.2, -0.15) is 0 Å². The number of aliphatic imine (C=N–C) groups is 1. The summed E-state index contributed by atoms with van der Waals surface area (Å²) in [7, 11) is 0. The molecule has 1 unspecified atom stereocenters. The van der Waals surface area contributed by atoms with Gasteiger partial charge in [0.25, 0.3) is 0 Å². The quantitative estimate of drug-likeness (QED) is 0.505. The zero-order valence-corrected chi connectivity index (χ0v) is 12.6. The van der Waals surface area contributed by atoms with Crippen LogP contribution in [0.15, 0.2) is 29.3 Å². The summed E-state index contributed by atoms with van der Waals surface area (Å²) < 4.78 is 0. The Morgan fingerprint density at radius 3 is 2.50 bits per heavy atom. The molecular weight excluding hydrogens is 250 g/mol. The van der Waals surface area contributed by atoms with Gasteiger partial charge in [0, 0.05) is 18.8 Å². The Kier molecular flexibility index (Phi) is 7.73. The van der Waals surface area contributed by atoms with Crippen LogP contribution in [0.25, 0.3) is 0 Å². The van der Waals surface area contributed by atoms with E-state index < -0.39 is 0 Å². The maximum absolute atomic E-state index is 9.02. The second-order valence-electron chi connectivity index (χ2n) is 5.07. The molecule has 20 heavy (non-hydrogen) atoms. The van der Waals surface area contributed by atoms with Gasteiger partial charge >= 0.3 is 0 Å². The molecule has 0 saturated carbocycles. The summed E-state index contributed by atoms with van der Waals surface area (Å²) in [5, 5.41) is 12.1. The number of nitrogens with zero attached hydrogens (tertiary/aromatic N) is 1. The first-order chi connectivity index (χ1) is 9.69. The van der Waals surface area contributed by atoms with Gasteiger partial charge in [-0.15, -0.1) is 0 Å². The number of hydrogen-bond donors (Lipinski definition) is 3. The summed E-state index contributed by atoms with van der Waals surface area (Å²) in [6, 6.07) is 8.19. The van der Waals surface area contributed by atoms with E-state index in [4.69, 9.17) is 10.8 Å². The highest BCUT2D eigenvalue weighted by Gasteiger charge is 2.06. The van der Waals surface area contributed by atoms with Crippen LogP contribution in [0.5, 0.6) is 0 Å². The zero-order valence-electron chi connectivity index (χ0n) is 12.6. The highest BCUT2D eigenvalue weighted by molar-refractivity contribution is 5.92. The number of aliphatic hydroxyl groups excluding tert-OH is 1. The number of nitrogens with one attached hydrogen (secondary N) is 1. The Balaban J connectivity index is 2.50. The average molecular weight is 277 g/mol. The van der Waals surface area contributed by atoms with Crippen molar-refractivity contribution in [2.24, 2.45) is 16.6 Å². The Hall–Kier alpha value is -1.55. The number of nitrogens with two attached hydrogens (primary N) is 1. The highest BCUT2D eigenvalue weighted by atomic mass is 16.3. The number of aryl methyl sites for hydroxylation is 1. The predicted octanol–water partition coefficient (Wildman–Crippen LogP) is 2.77.